The SMILES string of the molecule is CC[C@@H](C)NC(=O)[C@H](C)N(Cc1ccc(C)cc1)C(=O)CSCc1ccc([N+](=O)[O-])cc1. The second kappa shape index (κ2) is 12.2. The Morgan fingerprint density at radius 3 is 2.22 bits per heavy atom. The maximum atomic E-state index is 13.1. The van der Waals surface area contributed by atoms with Crippen LogP contribution < -0.4 is 5.32 Å². The van der Waals surface area contributed by atoms with Crippen molar-refractivity contribution in [2.75, 3.05) is 5.75 Å². The van der Waals surface area contributed by atoms with E-state index in [1.165, 1.54) is 23.9 Å². The van der Waals surface area contributed by atoms with Crippen molar-refractivity contribution in [3.05, 3.63) is 75.3 Å². The molecule has 0 radical (unpaired) electrons. The summed E-state index contributed by atoms with van der Waals surface area (Å²) in [5.41, 5.74) is 3.04. The van der Waals surface area contributed by atoms with Gasteiger partial charge < -0.3 is 10.2 Å². The predicted molar refractivity (Wildman–Crippen MR) is 128 cm³/mol. The smallest absolute Gasteiger partial charge is 0.269 e. The van der Waals surface area contributed by atoms with Crippen molar-refractivity contribution in [2.24, 2.45) is 0 Å². The topological polar surface area (TPSA) is 92.6 Å². The first-order valence-corrected chi connectivity index (χ1v) is 11.8. The first-order valence-electron chi connectivity index (χ1n) is 10.7. The van der Waals surface area contributed by atoms with Crippen LogP contribution in [-0.2, 0) is 21.9 Å². The minimum atomic E-state index is -0.599. The molecule has 2 aromatic carbocycles. The minimum absolute atomic E-state index is 0.0396. The number of nitrogens with zero attached hydrogens (tertiary/aromatic N) is 2. The number of nitro benzene ring substituents is 1. The molecule has 0 aliphatic rings. The fourth-order valence-electron chi connectivity index (χ4n) is 2.99. The summed E-state index contributed by atoms with van der Waals surface area (Å²) in [5.74, 6) is 0.476. The summed E-state index contributed by atoms with van der Waals surface area (Å²) >= 11 is 1.42. The first-order chi connectivity index (χ1) is 15.2. The van der Waals surface area contributed by atoms with Crippen LogP contribution in [0.15, 0.2) is 48.5 Å². The normalized spacial score (nSPS) is 12.6. The largest absolute Gasteiger partial charge is 0.352 e. The maximum absolute atomic E-state index is 13.1. The van der Waals surface area contributed by atoms with E-state index in [4.69, 9.17) is 0 Å². The highest BCUT2D eigenvalue weighted by atomic mass is 32.2. The summed E-state index contributed by atoms with van der Waals surface area (Å²) in [6.07, 6.45) is 0.815. The van der Waals surface area contributed by atoms with Gasteiger partial charge in [0, 0.05) is 30.5 Å². The van der Waals surface area contributed by atoms with Crippen molar-refractivity contribution in [3.63, 3.8) is 0 Å². The van der Waals surface area contributed by atoms with Gasteiger partial charge in [0.2, 0.25) is 11.8 Å². The zero-order chi connectivity index (χ0) is 23.7. The Balaban J connectivity index is 2.05. The molecule has 1 N–H and O–H groups in total. The van der Waals surface area contributed by atoms with Crippen molar-refractivity contribution in [2.45, 2.75) is 58.5 Å². The lowest BCUT2D eigenvalue weighted by molar-refractivity contribution is -0.384. The van der Waals surface area contributed by atoms with Crippen LogP contribution in [0.2, 0.25) is 0 Å². The Morgan fingerprint density at radius 1 is 1.06 bits per heavy atom. The van der Waals surface area contributed by atoms with Gasteiger partial charge in [-0.1, -0.05) is 48.9 Å². The average molecular weight is 458 g/mol. The standard InChI is InChI=1S/C24H31N3O4S/c1-5-18(3)25-24(29)19(4)26(14-20-8-6-17(2)7-9-20)23(28)16-32-15-21-10-12-22(13-11-21)27(30)31/h6-13,18-19H,5,14-16H2,1-4H3,(H,25,29)/t18-,19+/m1/s1. The molecule has 0 aliphatic carbocycles. The first kappa shape index (κ1) is 25.4. The van der Waals surface area contributed by atoms with Gasteiger partial charge in [0.15, 0.2) is 0 Å². The second-order valence-electron chi connectivity index (χ2n) is 7.92. The van der Waals surface area contributed by atoms with E-state index >= 15 is 0 Å². The molecule has 0 heterocycles. The number of hydrogen-bond acceptors (Lipinski definition) is 5. The van der Waals surface area contributed by atoms with Gasteiger partial charge in [0.05, 0.1) is 10.7 Å². The molecule has 2 aromatic rings. The molecule has 0 spiro atoms. The van der Waals surface area contributed by atoms with E-state index in [0.717, 1.165) is 23.1 Å². The van der Waals surface area contributed by atoms with Gasteiger partial charge in [-0.2, -0.15) is 0 Å². The van der Waals surface area contributed by atoms with Crippen LogP contribution in [0, 0.1) is 17.0 Å². The number of rotatable bonds is 11. The third-order valence-corrected chi connectivity index (χ3v) is 6.27. The monoisotopic (exact) mass is 457 g/mol. The molecular formula is C24H31N3O4S. The molecule has 0 bridgehead atoms. The Kier molecular flexibility index (Phi) is 9.71. The molecule has 32 heavy (non-hydrogen) atoms. The Hall–Kier alpha value is -2.87. The van der Waals surface area contributed by atoms with E-state index in [1.807, 2.05) is 45.0 Å². The Bertz CT molecular complexity index is 916. The molecule has 0 fully saturated rings. The summed E-state index contributed by atoms with van der Waals surface area (Å²) in [6.45, 7) is 8.05. The highest BCUT2D eigenvalue weighted by Crippen LogP contribution is 2.19. The van der Waals surface area contributed by atoms with Crippen molar-refractivity contribution < 1.29 is 14.5 Å². The number of non-ortho nitro benzene ring substituents is 1. The van der Waals surface area contributed by atoms with E-state index in [9.17, 15) is 19.7 Å². The maximum Gasteiger partial charge on any atom is 0.269 e. The number of nitrogens with one attached hydrogen (secondary N) is 1. The molecule has 0 aromatic heterocycles. The average Bonchev–Trinajstić information content (AvgIpc) is 2.78. The molecule has 2 rings (SSSR count). The van der Waals surface area contributed by atoms with Gasteiger partial charge in [-0.05, 0) is 38.3 Å². The lowest BCUT2D eigenvalue weighted by Crippen LogP contribution is -2.50. The van der Waals surface area contributed by atoms with Gasteiger partial charge in [-0.3, -0.25) is 19.7 Å². The molecular weight excluding hydrogens is 426 g/mol. The van der Waals surface area contributed by atoms with E-state index in [1.54, 1.807) is 24.0 Å². The predicted octanol–water partition coefficient (Wildman–Crippen LogP) is 4.47. The van der Waals surface area contributed by atoms with Gasteiger partial charge in [0.25, 0.3) is 5.69 Å². The van der Waals surface area contributed by atoms with Gasteiger partial charge in [-0.15, -0.1) is 11.8 Å². The lowest BCUT2D eigenvalue weighted by atomic mass is 10.1. The van der Waals surface area contributed by atoms with Gasteiger partial charge in [-0.25, -0.2) is 0 Å². The number of amides is 2. The number of hydrogen-bond donors (Lipinski definition) is 1. The van der Waals surface area contributed by atoms with E-state index in [-0.39, 0.29) is 29.3 Å². The van der Waals surface area contributed by atoms with Crippen molar-refractivity contribution >= 4 is 29.3 Å². The quantitative estimate of drug-likeness (QED) is 0.397. The number of thioether (sulfide) groups is 1. The number of nitro groups is 1. The fraction of sp³-hybridized carbons (Fsp3) is 0.417. The molecule has 0 saturated carbocycles. The van der Waals surface area contributed by atoms with Crippen LogP contribution in [0.1, 0.15) is 43.9 Å². The number of aryl methyl sites for hydroxylation is 1. The van der Waals surface area contributed by atoms with E-state index in [0.29, 0.717) is 12.3 Å². The summed E-state index contributed by atoms with van der Waals surface area (Å²) in [5, 5.41) is 13.7. The van der Waals surface area contributed by atoms with Crippen LogP contribution >= 0.6 is 11.8 Å². The van der Waals surface area contributed by atoms with Gasteiger partial charge >= 0.3 is 0 Å². The zero-order valence-electron chi connectivity index (χ0n) is 19.0. The molecule has 2 amide bonds. The van der Waals surface area contributed by atoms with E-state index in [2.05, 4.69) is 5.32 Å². The van der Waals surface area contributed by atoms with Crippen molar-refractivity contribution in [1.29, 1.82) is 0 Å². The van der Waals surface area contributed by atoms with Crippen LogP contribution in [-0.4, -0.2) is 39.5 Å². The molecule has 0 aliphatic heterocycles. The molecule has 172 valence electrons. The number of benzene rings is 2. The van der Waals surface area contributed by atoms with Gasteiger partial charge in [0.1, 0.15) is 6.04 Å². The third-order valence-electron chi connectivity index (χ3n) is 5.28. The third kappa shape index (κ3) is 7.67. The van der Waals surface area contributed by atoms with E-state index < -0.39 is 11.0 Å². The highest BCUT2D eigenvalue weighted by Gasteiger charge is 2.26. The van der Waals surface area contributed by atoms with Crippen LogP contribution in [0.5, 0.6) is 0 Å². The number of carbonyl (C=O) groups is 2. The Morgan fingerprint density at radius 2 is 1.66 bits per heavy atom. The van der Waals surface area contributed by atoms with Crippen LogP contribution in [0.4, 0.5) is 5.69 Å². The van der Waals surface area contributed by atoms with Crippen LogP contribution in [0.25, 0.3) is 0 Å². The zero-order valence-corrected chi connectivity index (χ0v) is 19.9. The Labute approximate surface area is 193 Å². The molecule has 7 nitrogen and oxygen atoms in total. The van der Waals surface area contributed by atoms with Crippen LogP contribution in [0.3, 0.4) is 0 Å². The summed E-state index contributed by atoms with van der Waals surface area (Å²) in [4.78, 5) is 37.8. The summed E-state index contributed by atoms with van der Waals surface area (Å²) < 4.78 is 0. The lowest BCUT2D eigenvalue weighted by Gasteiger charge is -2.29. The minimum Gasteiger partial charge on any atom is -0.352 e. The second-order valence-corrected chi connectivity index (χ2v) is 8.90. The fourth-order valence-corrected chi connectivity index (χ4v) is 3.86. The number of carbonyl (C=O) groups excluding carboxylic acids is 2. The summed E-state index contributed by atoms with van der Waals surface area (Å²) in [7, 11) is 0. The molecule has 2 atom stereocenters. The van der Waals surface area contributed by atoms with Crippen molar-refractivity contribution in [3.8, 4) is 0 Å². The molecule has 0 saturated heterocycles. The van der Waals surface area contributed by atoms with Crippen molar-refractivity contribution in [1.82, 2.24) is 10.2 Å². The molecule has 8 heteroatoms. The summed E-state index contributed by atoms with van der Waals surface area (Å²) in [6, 6.07) is 13.7. The highest BCUT2D eigenvalue weighted by molar-refractivity contribution is 7.99. The molecule has 0 unspecified atom stereocenters.